The predicted molar refractivity (Wildman–Crippen MR) is 90.5 cm³/mol. The number of rotatable bonds is 3. The van der Waals surface area contributed by atoms with Crippen molar-refractivity contribution in [2.45, 2.75) is 0 Å². The van der Waals surface area contributed by atoms with Crippen LogP contribution in [0.5, 0.6) is 5.75 Å². The Balaban J connectivity index is 1.87. The van der Waals surface area contributed by atoms with Crippen molar-refractivity contribution in [2.75, 3.05) is 0 Å². The Morgan fingerprint density at radius 1 is 1.09 bits per heavy atom. The van der Waals surface area contributed by atoms with Gasteiger partial charge >= 0.3 is 6.01 Å². The highest BCUT2D eigenvalue weighted by Crippen LogP contribution is 2.31. The Labute approximate surface area is 143 Å². The van der Waals surface area contributed by atoms with Crippen LogP contribution in [0.4, 0.5) is 6.01 Å². The molecule has 110 valence electrons. The maximum absolute atomic E-state index is 9.96. The van der Waals surface area contributed by atoms with Crippen LogP contribution in [0.15, 0.2) is 60.8 Å². The van der Waals surface area contributed by atoms with Crippen LogP contribution in [0.1, 0.15) is 5.56 Å². The third-order valence-corrected chi connectivity index (χ3v) is 3.87. The molecule has 0 spiro atoms. The Bertz CT molecular complexity index is 832. The van der Waals surface area contributed by atoms with E-state index in [2.05, 4.69) is 47.0 Å². The first-order valence-electron chi connectivity index (χ1n) is 6.24. The molecule has 0 saturated carbocycles. The molecule has 5 nitrogen and oxygen atoms in total. The Morgan fingerprint density at radius 2 is 1.86 bits per heavy atom. The van der Waals surface area contributed by atoms with Crippen molar-refractivity contribution in [3.05, 3.63) is 57.0 Å². The topological polar surface area (TPSA) is 71.5 Å². The van der Waals surface area contributed by atoms with Gasteiger partial charge in [-0.15, -0.1) is 5.10 Å². The molecule has 0 aliphatic carbocycles. The van der Waals surface area contributed by atoms with Crippen molar-refractivity contribution >= 4 is 44.1 Å². The first kappa shape index (κ1) is 14.9. The number of hydrogen-bond donors (Lipinski definition) is 1. The summed E-state index contributed by atoms with van der Waals surface area (Å²) in [6, 6.07) is 13.0. The van der Waals surface area contributed by atoms with Crippen LogP contribution < -0.4 is 0 Å². The van der Waals surface area contributed by atoms with Crippen LogP contribution in [0, 0.1) is 0 Å². The second-order valence-electron chi connectivity index (χ2n) is 4.34. The maximum atomic E-state index is 9.96. The summed E-state index contributed by atoms with van der Waals surface area (Å²) in [5, 5.41) is 17.8. The molecule has 0 fully saturated rings. The number of phenolic OH excluding ortho intramolecular Hbond substituents is 1. The molecule has 7 heteroatoms. The van der Waals surface area contributed by atoms with E-state index in [4.69, 9.17) is 4.42 Å². The second kappa shape index (κ2) is 6.41. The van der Waals surface area contributed by atoms with Gasteiger partial charge in [0.2, 0.25) is 5.89 Å². The van der Waals surface area contributed by atoms with Crippen molar-refractivity contribution < 1.29 is 9.52 Å². The molecule has 0 saturated heterocycles. The van der Waals surface area contributed by atoms with Crippen LogP contribution >= 0.6 is 31.9 Å². The summed E-state index contributed by atoms with van der Waals surface area (Å²) in [5.74, 6) is 0.488. The molecule has 3 rings (SSSR count). The third kappa shape index (κ3) is 3.26. The van der Waals surface area contributed by atoms with Gasteiger partial charge in [0.15, 0.2) is 0 Å². The van der Waals surface area contributed by atoms with Gasteiger partial charge in [-0.05, 0) is 40.2 Å². The van der Waals surface area contributed by atoms with Gasteiger partial charge in [-0.3, -0.25) is 0 Å². The van der Waals surface area contributed by atoms with E-state index in [9.17, 15) is 5.11 Å². The number of nitrogens with zero attached hydrogens (tertiary/aromatic N) is 3. The Morgan fingerprint density at radius 3 is 2.64 bits per heavy atom. The highest BCUT2D eigenvalue weighted by Gasteiger charge is 2.08. The van der Waals surface area contributed by atoms with Crippen LogP contribution in [-0.2, 0) is 0 Å². The molecule has 2 aromatic carbocycles. The SMILES string of the molecule is Oc1c(Br)cc(Br)cc1/C=N/c1nnc(-c2ccccc2)o1. The summed E-state index contributed by atoms with van der Waals surface area (Å²) in [4.78, 5) is 4.10. The van der Waals surface area contributed by atoms with Crippen LogP contribution in [0.2, 0.25) is 0 Å². The van der Waals surface area contributed by atoms with Crippen molar-refractivity contribution in [3.63, 3.8) is 0 Å². The van der Waals surface area contributed by atoms with Gasteiger partial charge in [0.25, 0.3) is 0 Å². The van der Waals surface area contributed by atoms with Gasteiger partial charge in [-0.2, -0.15) is 0 Å². The lowest BCUT2D eigenvalue weighted by Crippen LogP contribution is -1.84. The number of hydrogen-bond acceptors (Lipinski definition) is 5. The van der Waals surface area contributed by atoms with Crippen molar-refractivity contribution in [2.24, 2.45) is 4.99 Å². The largest absolute Gasteiger partial charge is 0.506 e. The molecule has 1 N–H and O–H groups in total. The molecular weight excluding hydrogens is 414 g/mol. The fourth-order valence-electron chi connectivity index (χ4n) is 1.77. The van der Waals surface area contributed by atoms with E-state index < -0.39 is 0 Å². The molecule has 1 aromatic heterocycles. The number of aromatic nitrogens is 2. The molecule has 0 atom stereocenters. The van der Waals surface area contributed by atoms with Crippen LogP contribution in [0.3, 0.4) is 0 Å². The maximum Gasteiger partial charge on any atom is 0.342 e. The summed E-state index contributed by atoms with van der Waals surface area (Å²) in [6.45, 7) is 0. The number of phenols is 1. The monoisotopic (exact) mass is 421 g/mol. The van der Waals surface area contributed by atoms with Crippen molar-refractivity contribution in [3.8, 4) is 17.2 Å². The number of aromatic hydroxyl groups is 1. The Hall–Kier alpha value is -1.99. The van der Waals surface area contributed by atoms with E-state index >= 15 is 0 Å². The predicted octanol–water partition coefficient (Wildman–Crippen LogP) is 4.72. The van der Waals surface area contributed by atoms with E-state index in [0.717, 1.165) is 10.0 Å². The normalized spacial score (nSPS) is 11.2. The summed E-state index contributed by atoms with van der Waals surface area (Å²) in [5.41, 5.74) is 1.35. The number of benzene rings is 2. The molecule has 3 aromatic rings. The van der Waals surface area contributed by atoms with Gasteiger partial charge in [0.05, 0.1) is 4.47 Å². The fourth-order valence-corrected chi connectivity index (χ4v) is 3.03. The van der Waals surface area contributed by atoms with Crippen molar-refractivity contribution in [1.29, 1.82) is 0 Å². The Kier molecular flexibility index (Phi) is 4.35. The lowest BCUT2D eigenvalue weighted by molar-refractivity contribution is 0.471. The molecule has 0 radical (unpaired) electrons. The van der Waals surface area contributed by atoms with Crippen molar-refractivity contribution in [1.82, 2.24) is 10.2 Å². The highest BCUT2D eigenvalue weighted by atomic mass is 79.9. The molecule has 0 bridgehead atoms. The zero-order valence-electron chi connectivity index (χ0n) is 11.1. The third-order valence-electron chi connectivity index (χ3n) is 2.81. The quantitative estimate of drug-likeness (QED) is 0.620. The van der Waals surface area contributed by atoms with Gasteiger partial charge in [-0.25, -0.2) is 4.99 Å². The second-order valence-corrected chi connectivity index (χ2v) is 6.11. The van der Waals surface area contributed by atoms with Gasteiger partial charge in [0.1, 0.15) is 5.75 Å². The van der Waals surface area contributed by atoms with Gasteiger partial charge in [-0.1, -0.05) is 39.2 Å². The summed E-state index contributed by atoms with van der Waals surface area (Å²) in [6.07, 6.45) is 1.47. The smallest absolute Gasteiger partial charge is 0.342 e. The minimum absolute atomic E-state index is 0.0924. The van der Waals surface area contributed by atoms with Crippen LogP contribution in [-0.4, -0.2) is 21.5 Å². The van der Waals surface area contributed by atoms with Gasteiger partial charge in [0, 0.05) is 21.8 Å². The number of halogens is 2. The molecule has 0 amide bonds. The molecular formula is C15H9Br2N3O2. The molecule has 1 heterocycles. The summed E-state index contributed by atoms with van der Waals surface area (Å²) < 4.78 is 6.85. The van der Waals surface area contributed by atoms with E-state index in [1.807, 2.05) is 30.3 Å². The average Bonchev–Trinajstić information content (AvgIpc) is 2.99. The minimum Gasteiger partial charge on any atom is -0.506 e. The standard InChI is InChI=1S/C15H9Br2N3O2/c16-11-6-10(13(21)12(17)7-11)8-18-15-20-19-14(22-15)9-4-2-1-3-5-9/h1-8,21H/b18-8+. The molecule has 0 unspecified atom stereocenters. The first-order chi connectivity index (χ1) is 10.6. The van der Waals surface area contributed by atoms with E-state index in [-0.39, 0.29) is 11.8 Å². The summed E-state index contributed by atoms with van der Waals surface area (Å²) in [7, 11) is 0. The number of aliphatic imine (C=N–C) groups is 1. The van der Waals surface area contributed by atoms with E-state index in [1.54, 1.807) is 12.1 Å². The molecule has 0 aliphatic heterocycles. The first-order valence-corrected chi connectivity index (χ1v) is 7.83. The molecule has 22 heavy (non-hydrogen) atoms. The summed E-state index contributed by atoms with van der Waals surface area (Å²) >= 11 is 6.62. The lowest BCUT2D eigenvalue weighted by Gasteiger charge is -2.01. The highest BCUT2D eigenvalue weighted by molar-refractivity contribution is 9.11. The molecule has 0 aliphatic rings. The van der Waals surface area contributed by atoms with Crippen LogP contribution in [0.25, 0.3) is 11.5 Å². The lowest BCUT2D eigenvalue weighted by atomic mass is 10.2. The zero-order chi connectivity index (χ0) is 15.5. The average molecular weight is 423 g/mol. The fraction of sp³-hybridized carbons (Fsp3) is 0. The van der Waals surface area contributed by atoms with E-state index in [1.165, 1.54) is 6.21 Å². The van der Waals surface area contributed by atoms with Gasteiger partial charge < -0.3 is 9.52 Å². The van der Waals surface area contributed by atoms with E-state index in [0.29, 0.717) is 15.9 Å². The zero-order valence-corrected chi connectivity index (χ0v) is 14.2. The minimum atomic E-state index is 0.0924.